The van der Waals surface area contributed by atoms with Crippen LogP contribution in [0.25, 0.3) is 0 Å². The van der Waals surface area contributed by atoms with Crippen molar-refractivity contribution in [3.8, 4) is 0 Å². The lowest BCUT2D eigenvalue weighted by Crippen LogP contribution is -2.47. The van der Waals surface area contributed by atoms with Crippen molar-refractivity contribution in [1.29, 1.82) is 0 Å². The molecule has 53 heavy (non-hydrogen) atoms. The molecule has 9 nitrogen and oxygen atoms in total. The number of hydrogen-bond donors (Lipinski definition) is 4. The molecule has 9 heteroatoms. The fourth-order valence-corrected chi connectivity index (χ4v) is 5.04. The molecule has 0 bridgehead atoms. The maximum absolute atomic E-state index is 12.6. The Hall–Kier alpha value is -3.98. The maximum atomic E-state index is 12.6. The molecular formula is C44H70N2O7. The van der Waals surface area contributed by atoms with Crippen LogP contribution in [0.4, 0.5) is 0 Å². The van der Waals surface area contributed by atoms with E-state index in [0.29, 0.717) is 12.8 Å². The number of rotatable bonds is 34. The van der Waals surface area contributed by atoms with Gasteiger partial charge in [0, 0.05) is 12.8 Å². The Bertz CT molecular complexity index is 1170. The predicted octanol–water partition coefficient (Wildman–Crippen LogP) is 9.31. The second-order valence-corrected chi connectivity index (χ2v) is 13.0. The van der Waals surface area contributed by atoms with E-state index in [4.69, 9.17) is 14.9 Å². The molecule has 0 aliphatic heterocycles. The Labute approximate surface area is 320 Å². The Kier molecular flexibility index (Phi) is 34.9. The number of ether oxygens (including phenoxy) is 1. The van der Waals surface area contributed by atoms with Crippen molar-refractivity contribution in [2.24, 2.45) is 0 Å². The minimum atomic E-state index is -1.40. The maximum Gasteiger partial charge on any atom is 0.328 e. The number of carboxylic acids is 1. The van der Waals surface area contributed by atoms with Gasteiger partial charge in [-0.05, 0) is 96.0 Å². The van der Waals surface area contributed by atoms with Crippen LogP contribution < -0.4 is 10.6 Å². The Morgan fingerprint density at radius 1 is 0.604 bits per heavy atom. The van der Waals surface area contributed by atoms with Crippen LogP contribution in [0.15, 0.2) is 85.1 Å². The monoisotopic (exact) mass is 739 g/mol. The van der Waals surface area contributed by atoms with Crippen LogP contribution in [0.2, 0.25) is 0 Å². The van der Waals surface area contributed by atoms with Crippen molar-refractivity contribution >= 4 is 23.8 Å². The number of aliphatic carboxylic acids is 1. The zero-order chi connectivity index (χ0) is 39.0. The van der Waals surface area contributed by atoms with Crippen LogP contribution in [0.5, 0.6) is 0 Å². The lowest BCUT2D eigenvalue weighted by molar-refractivity contribution is -0.147. The molecule has 0 saturated carbocycles. The predicted molar refractivity (Wildman–Crippen MR) is 217 cm³/mol. The number of esters is 1. The van der Waals surface area contributed by atoms with Crippen LogP contribution in [0.3, 0.4) is 0 Å². The first-order valence-corrected chi connectivity index (χ1v) is 20.0. The van der Waals surface area contributed by atoms with E-state index in [1.165, 1.54) is 6.42 Å². The van der Waals surface area contributed by atoms with Gasteiger partial charge in [-0.2, -0.15) is 0 Å². The zero-order valence-electron chi connectivity index (χ0n) is 32.7. The number of unbranched alkanes of at least 4 members (excludes halogenated alkanes) is 8. The molecule has 0 radical (unpaired) electrons. The molecule has 0 spiro atoms. The summed E-state index contributed by atoms with van der Waals surface area (Å²) in [4.78, 5) is 47.3. The lowest BCUT2D eigenvalue weighted by Gasteiger charge is -2.15. The minimum absolute atomic E-state index is 0.162. The molecule has 298 valence electrons. The van der Waals surface area contributed by atoms with Crippen molar-refractivity contribution < 1.29 is 34.1 Å². The standard InChI is InChI=1S/C44H70N2O7/c1-3-5-7-9-10-11-12-13-14-15-16-17-18-19-20-21-22-23-24-26-32-36-43(50)53-39(33-29-25-8-6-4-2)34-30-27-28-31-35-41(48)45-37-42(49)46-40(38-47)44(51)52/h5,7,10-11,13-14,16-17,19-20,22-23,29,33,39-40,47H,3-4,6,8-9,12,15,18,21,24-28,30-32,34-38H2,1-2H3,(H,45,48)(H,46,49)(H,51,52)/b7-5-,11-10-,14-13-,17-16-,20-19-,23-22-,33-29-. The molecule has 2 amide bonds. The van der Waals surface area contributed by atoms with Gasteiger partial charge in [0.1, 0.15) is 12.1 Å². The Balaban J connectivity index is 4.21. The molecule has 0 heterocycles. The number of aliphatic hydroxyl groups is 1. The van der Waals surface area contributed by atoms with Crippen LogP contribution in [-0.2, 0) is 23.9 Å². The third-order valence-corrected chi connectivity index (χ3v) is 8.11. The van der Waals surface area contributed by atoms with Gasteiger partial charge >= 0.3 is 11.9 Å². The molecule has 4 N–H and O–H groups in total. The van der Waals surface area contributed by atoms with Crippen molar-refractivity contribution in [3.63, 3.8) is 0 Å². The second-order valence-electron chi connectivity index (χ2n) is 13.0. The summed E-state index contributed by atoms with van der Waals surface area (Å²) in [6.45, 7) is 3.25. The number of amides is 2. The summed E-state index contributed by atoms with van der Waals surface area (Å²) in [5.74, 6) is -2.47. The molecule has 0 aromatic carbocycles. The first-order chi connectivity index (χ1) is 25.8. The van der Waals surface area contributed by atoms with Gasteiger partial charge in [0.2, 0.25) is 11.8 Å². The molecule has 0 aromatic heterocycles. The molecule has 0 fully saturated rings. The molecular weight excluding hydrogens is 668 g/mol. The average Bonchev–Trinajstić information content (AvgIpc) is 3.14. The molecule has 0 aromatic rings. The first kappa shape index (κ1) is 49.0. The summed E-state index contributed by atoms with van der Waals surface area (Å²) in [6, 6.07) is -1.40. The van der Waals surface area contributed by atoms with Gasteiger partial charge in [-0.15, -0.1) is 0 Å². The highest BCUT2D eigenvalue weighted by Gasteiger charge is 2.18. The van der Waals surface area contributed by atoms with Gasteiger partial charge in [0.15, 0.2) is 0 Å². The summed E-state index contributed by atoms with van der Waals surface area (Å²) in [5.41, 5.74) is 0. The van der Waals surface area contributed by atoms with Crippen molar-refractivity contribution in [1.82, 2.24) is 10.6 Å². The van der Waals surface area contributed by atoms with E-state index in [9.17, 15) is 19.2 Å². The third kappa shape index (κ3) is 34.9. The van der Waals surface area contributed by atoms with Gasteiger partial charge in [-0.3, -0.25) is 14.4 Å². The average molecular weight is 739 g/mol. The van der Waals surface area contributed by atoms with Gasteiger partial charge in [-0.1, -0.05) is 119 Å². The summed E-state index contributed by atoms with van der Waals surface area (Å²) >= 11 is 0. The number of hydrogen-bond acceptors (Lipinski definition) is 6. The number of carbonyl (C=O) groups is 4. The summed E-state index contributed by atoms with van der Waals surface area (Å²) in [5, 5.41) is 22.5. The number of carbonyl (C=O) groups excluding carboxylic acids is 3. The summed E-state index contributed by atoms with van der Waals surface area (Å²) in [7, 11) is 0. The Morgan fingerprint density at radius 3 is 1.70 bits per heavy atom. The quantitative estimate of drug-likeness (QED) is 0.0293. The largest absolute Gasteiger partial charge is 0.480 e. The third-order valence-electron chi connectivity index (χ3n) is 8.11. The van der Waals surface area contributed by atoms with E-state index in [1.807, 2.05) is 6.08 Å². The summed E-state index contributed by atoms with van der Waals surface area (Å²) < 4.78 is 5.83. The topological polar surface area (TPSA) is 142 Å². The molecule has 0 aliphatic rings. The fourth-order valence-electron chi connectivity index (χ4n) is 5.04. The van der Waals surface area contributed by atoms with Gasteiger partial charge < -0.3 is 25.6 Å². The number of aliphatic hydroxyl groups excluding tert-OH is 1. The van der Waals surface area contributed by atoms with Crippen LogP contribution >= 0.6 is 0 Å². The highest BCUT2D eigenvalue weighted by Crippen LogP contribution is 2.14. The van der Waals surface area contributed by atoms with Crippen molar-refractivity contribution in [2.45, 2.75) is 154 Å². The number of carboxylic acid groups (broad SMARTS) is 1. The normalized spacial score (nSPS) is 13.4. The van der Waals surface area contributed by atoms with E-state index in [2.05, 4.69) is 103 Å². The second kappa shape index (κ2) is 37.8. The molecule has 0 rings (SSSR count). The van der Waals surface area contributed by atoms with Gasteiger partial charge in [-0.25, -0.2) is 4.79 Å². The van der Waals surface area contributed by atoms with Crippen molar-refractivity contribution in [2.75, 3.05) is 13.2 Å². The molecule has 2 atom stereocenters. The van der Waals surface area contributed by atoms with Gasteiger partial charge in [0.05, 0.1) is 13.2 Å². The highest BCUT2D eigenvalue weighted by molar-refractivity contribution is 5.87. The number of nitrogens with one attached hydrogen (secondary N) is 2. The first-order valence-electron chi connectivity index (χ1n) is 20.0. The molecule has 0 saturated heterocycles. The minimum Gasteiger partial charge on any atom is -0.480 e. The highest BCUT2D eigenvalue weighted by atomic mass is 16.5. The summed E-state index contributed by atoms with van der Waals surface area (Å²) in [6.07, 6.45) is 47.9. The number of allylic oxidation sites excluding steroid dienone is 13. The SMILES string of the molecule is CC/C=C\C/C=C\C/C=C\C/C=C\C/C=C\C/C=C\CCCCC(=O)OC(/C=C\CCCCC)CCCCCCC(=O)NCC(=O)NC(CO)C(=O)O. The lowest BCUT2D eigenvalue weighted by atomic mass is 10.1. The molecule has 2 unspecified atom stereocenters. The van der Waals surface area contributed by atoms with E-state index < -0.39 is 24.5 Å². The van der Waals surface area contributed by atoms with Crippen LogP contribution in [-0.4, -0.2) is 59.3 Å². The Morgan fingerprint density at radius 2 is 1.13 bits per heavy atom. The van der Waals surface area contributed by atoms with Crippen LogP contribution in [0, 0.1) is 0 Å². The van der Waals surface area contributed by atoms with E-state index in [-0.39, 0.29) is 30.9 Å². The molecule has 0 aliphatic carbocycles. The van der Waals surface area contributed by atoms with E-state index >= 15 is 0 Å². The fraction of sp³-hybridized carbons (Fsp3) is 0.591. The van der Waals surface area contributed by atoms with Gasteiger partial charge in [0.25, 0.3) is 0 Å². The zero-order valence-corrected chi connectivity index (χ0v) is 32.7. The smallest absolute Gasteiger partial charge is 0.328 e. The van der Waals surface area contributed by atoms with Crippen LogP contribution in [0.1, 0.15) is 142 Å². The van der Waals surface area contributed by atoms with E-state index in [1.54, 1.807) is 0 Å². The van der Waals surface area contributed by atoms with Crippen molar-refractivity contribution in [3.05, 3.63) is 85.1 Å². The van der Waals surface area contributed by atoms with E-state index in [0.717, 1.165) is 103 Å².